The third kappa shape index (κ3) is 16.4. The molecule has 2 heterocycles. The van der Waals surface area contributed by atoms with Gasteiger partial charge in [0, 0.05) is 12.4 Å². The Bertz CT molecular complexity index is 969. The predicted octanol–water partition coefficient (Wildman–Crippen LogP) is 2.51. The van der Waals surface area contributed by atoms with Crippen molar-refractivity contribution in [1.29, 1.82) is 0 Å². The van der Waals surface area contributed by atoms with Gasteiger partial charge in [-0.25, -0.2) is 0 Å². The number of aliphatic hydroxyl groups excluding tert-OH is 3. The van der Waals surface area contributed by atoms with Crippen molar-refractivity contribution in [2.75, 3.05) is 0 Å². The molecule has 0 radical (unpaired) electrons. The van der Waals surface area contributed by atoms with Crippen molar-refractivity contribution in [2.45, 2.75) is 65.0 Å². The van der Waals surface area contributed by atoms with Crippen LogP contribution in [-0.2, 0) is 32.9 Å². The van der Waals surface area contributed by atoms with Gasteiger partial charge in [0.25, 0.3) is 0 Å². The van der Waals surface area contributed by atoms with E-state index in [-0.39, 0.29) is 46.2 Å². The van der Waals surface area contributed by atoms with E-state index in [9.17, 15) is 25.7 Å². The zero-order valence-electron chi connectivity index (χ0n) is 23.0. The first-order chi connectivity index (χ1) is 19.0. The van der Waals surface area contributed by atoms with Gasteiger partial charge in [0.15, 0.2) is 6.29 Å². The summed E-state index contributed by atoms with van der Waals surface area (Å²) in [6, 6.07) is 15.1. The van der Waals surface area contributed by atoms with Crippen LogP contribution < -0.4 is 0 Å². The molecular formula is C26H36CoN5O9. The van der Waals surface area contributed by atoms with Crippen LogP contribution in [0.1, 0.15) is 33.3 Å². The van der Waals surface area contributed by atoms with E-state index in [1.54, 1.807) is 12.4 Å². The van der Waals surface area contributed by atoms with Crippen LogP contribution in [0.2, 0.25) is 0 Å². The number of pyridine rings is 1. The van der Waals surface area contributed by atoms with E-state index in [0.29, 0.717) is 0 Å². The molecule has 15 heteroatoms. The number of rotatable bonds is 5. The summed E-state index contributed by atoms with van der Waals surface area (Å²) >= 11 is 0. The van der Waals surface area contributed by atoms with Gasteiger partial charge < -0.3 is 62.9 Å². The van der Waals surface area contributed by atoms with Crippen molar-refractivity contribution in [3.63, 3.8) is 0 Å². The quantitative estimate of drug-likeness (QED) is 0.142. The Morgan fingerprint density at radius 3 is 1.61 bits per heavy atom. The molecule has 1 aromatic heterocycles. The standard InChI is InChI=1S/C13H17O5.C5H5N.2C4H8N2O2.Co/c1-8-10(14)11(15)12(16)13(18-8)17-7-9-5-3-2-4-6-9;1-2-4-6-5-3-1;2*1-3(5-7)4(2)6-8;/h2-6,8,10-16H,1,7H2;1-5H;2*7-8H,1-2H3;/q-1;;;;+3/p-2/b;;2*5-3+,6-4+;/t8-,10-,11+,12+,13+;;;;/m1..../s1. The number of ether oxygens (including phenoxy) is 2. The van der Waals surface area contributed by atoms with Crippen molar-refractivity contribution in [1.82, 2.24) is 4.98 Å². The molecule has 0 bridgehead atoms. The maximum Gasteiger partial charge on any atom is 3.00 e. The van der Waals surface area contributed by atoms with Crippen molar-refractivity contribution in [3.05, 3.63) is 83.8 Å². The monoisotopic (exact) mass is 621 g/mol. The van der Waals surface area contributed by atoms with E-state index in [1.807, 2.05) is 48.5 Å². The SMILES string of the molecule is CC(=N\[O-])/C(C)=N/O.CC(=N\[O-])/C(C)=N/O.[CH2-][C@H]1O[C@H](OCc2ccccc2)[C@@H](O)[C@@H](O)[C@@H]1O.[Co+3].c1ccncc1. The molecule has 5 N–H and O–H groups in total. The summed E-state index contributed by atoms with van der Waals surface area (Å²) in [5.41, 5.74) is 1.83. The second-order valence-electron chi connectivity index (χ2n) is 8.06. The first-order valence-electron chi connectivity index (χ1n) is 11.8. The molecule has 228 valence electrons. The molecule has 14 nitrogen and oxygen atoms in total. The maximum absolute atomic E-state index is 9.72. The average Bonchev–Trinajstić information content (AvgIpc) is 3.01. The van der Waals surface area contributed by atoms with Crippen LogP contribution in [0.3, 0.4) is 0 Å². The molecule has 1 aliphatic rings. The average molecular weight is 622 g/mol. The van der Waals surface area contributed by atoms with Crippen molar-refractivity contribution in [2.24, 2.45) is 20.6 Å². The van der Waals surface area contributed by atoms with Gasteiger partial charge in [0.1, 0.15) is 12.2 Å². The van der Waals surface area contributed by atoms with E-state index in [2.05, 4.69) is 32.5 Å². The first kappa shape index (κ1) is 39.7. The summed E-state index contributed by atoms with van der Waals surface area (Å²) < 4.78 is 10.6. The van der Waals surface area contributed by atoms with Crippen molar-refractivity contribution >= 4 is 22.8 Å². The number of hydrogen-bond acceptors (Lipinski definition) is 14. The third-order valence-corrected chi connectivity index (χ3v) is 5.11. The van der Waals surface area contributed by atoms with E-state index in [4.69, 9.17) is 19.9 Å². The van der Waals surface area contributed by atoms with Gasteiger partial charge in [-0.1, -0.05) is 46.7 Å². The molecule has 0 spiro atoms. The molecular weight excluding hydrogens is 585 g/mol. The summed E-state index contributed by atoms with van der Waals surface area (Å²) in [5, 5.41) is 74.6. The van der Waals surface area contributed by atoms with Crippen molar-refractivity contribution < 1.29 is 52.0 Å². The topological polar surface area (TPSA) is 228 Å². The minimum Gasteiger partial charge on any atom is -0.792 e. The Balaban J connectivity index is 0. The van der Waals surface area contributed by atoms with E-state index in [1.165, 1.54) is 27.7 Å². The van der Waals surface area contributed by atoms with Crippen LogP contribution >= 0.6 is 0 Å². The molecule has 0 aliphatic carbocycles. The molecule has 5 atom stereocenters. The molecule has 0 unspecified atom stereocenters. The van der Waals surface area contributed by atoms with Crippen LogP contribution in [0.4, 0.5) is 0 Å². The Morgan fingerprint density at radius 2 is 1.27 bits per heavy atom. The van der Waals surface area contributed by atoms with Crippen LogP contribution in [0, 0.1) is 17.3 Å². The van der Waals surface area contributed by atoms with Crippen LogP contribution in [-0.4, -0.2) is 84.3 Å². The second kappa shape index (κ2) is 23.3. The smallest absolute Gasteiger partial charge is 0.792 e. The molecule has 1 aromatic carbocycles. The number of benzene rings is 1. The zero-order valence-corrected chi connectivity index (χ0v) is 24.1. The van der Waals surface area contributed by atoms with Gasteiger partial charge >= 0.3 is 16.8 Å². The third-order valence-electron chi connectivity index (χ3n) is 5.11. The molecule has 1 aliphatic heterocycles. The fourth-order valence-corrected chi connectivity index (χ4v) is 2.40. The molecule has 3 rings (SSSR count). The summed E-state index contributed by atoms with van der Waals surface area (Å²) in [6.45, 7) is 9.74. The largest absolute Gasteiger partial charge is 3.00 e. The van der Waals surface area contributed by atoms with Gasteiger partial charge in [-0.2, -0.15) is 0 Å². The minimum atomic E-state index is -1.32. The van der Waals surface area contributed by atoms with E-state index >= 15 is 0 Å². The van der Waals surface area contributed by atoms with Crippen LogP contribution in [0.15, 0.2) is 81.5 Å². The Hall–Kier alpha value is -3.44. The maximum atomic E-state index is 9.72. The fraction of sp³-hybridized carbons (Fsp3) is 0.385. The molecule has 41 heavy (non-hydrogen) atoms. The van der Waals surface area contributed by atoms with Gasteiger partial charge in [0.05, 0.1) is 35.6 Å². The Morgan fingerprint density at radius 1 is 0.805 bits per heavy atom. The Kier molecular flexibility index (Phi) is 22.5. The van der Waals surface area contributed by atoms with Gasteiger partial charge in [-0.05, 0) is 51.5 Å². The number of hydrogen-bond donors (Lipinski definition) is 5. The van der Waals surface area contributed by atoms with Crippen molar-refractivity contribution in [3.8, 4) is 0 Å². The molecule has 0 amide bonds. The fourth-order valence-electron chi connectivity index (χ4n) is 2.40. The summed E-state index contributed by atoms with van der Waals surface area (Å²) in [7, 11) is 0. The first-order valence-corrected chi connectivity index (χ1v) is 11.8. The van der Waals surface area contributed by atoms with E-state index < -0.39 is 30.7 Å². The van der Waals surface area contributed by atoms with Crippen LogP contribution in [0.25, 0.3) is 0 Å². The molecule has 1 fully saturated rings. The number of aliphatic hydroxyl groups is 3. The van der Waals surface area contributed by atoms with Gasteiger partial charge in [0.2, 0.25) is 0 Å². The number of aromatic nitrogens is 1. The van der Waals surface area contributed by atoms with Gasteiger partial charge in [-0.15, -0.1) is 0 Å². The predicted molar refractivity (Wildman–Crippen MR) is 150 cm³/mol. The number of oxime groups is 2. The van der Waals surface area contributed by atoms with Crippen LogP contribution in [0.5, 0.6) is 0 Å². The zero-order chi connectivity index (χ0) is 30.5. The van der Waals surface area contributed by atoms with E-state index in [0.717, 1.165) is 5.56 Å². The summed E-state index contributed by atoms with van der Waals surface area (Å²) in [5.74, 6) is 0. The second-order valence-corrected chi connectivity index (χ2v) is 8.06. The summed E-state index contributed by atoms with van der Waals surface area (Å²) in [6.07, 6.45) is -2.14. The number of nitrogens with zero attached hydrogens (tertiary/aromatic N) is 5. The Labute approximate surface area is 249 Å². The minimum absolute atomic E-state index is 0. The van der Waals surface area contributed by atoms with Gasteiger partial charge in [-0.3, -0.25) is 4.98 Å². The molecule has 2 aromatic rings. The molecule has 0 saturated carbocycles. The normalized spacial score (nSPS) is 22.8. The summed E-state index contributed by atoms with van der Waals surface area (Å²) in [4.78, 5) is 3.78. The molecule has 1 saturated heterocycles.